The number of anilines is 1. The minimum absolute atomic E-state index is 0.196. The van der Waals surface area contributed by atoms with Crippen LogP contribution in [0.3, 0.4) is 0 Å². The lowest BCUT2D eigenvalue weighted by atomic mass is 9.88. The van der Waals surface area contributed by atoms with Crippen LogP contribution >= 0.6 is 23.1 Å². The van der Waals surface area contributed by atoms with Crippen LogP contribution in [0.2, 0.25) is 0 Å². The lowest BCUT2D eigenvalue weighted by Gasteiger charge is -2.35. The molecule has 0 radical (unpaired) electrons. The van der Waals surface area contributed by atoms with Gasteiger partial charge in [0.1, 0.15) is 0 Å². The van der Waals surface area contributed by atoms with Gasteiger partial charge in [-0.15, -0.1) is 11.3 Å². The van der Waals surface area contributed by atoms with Gasteiger partial charge in [-0.2, -0.15) is 0 Å². The van der Waals surface area contributed by atoms with Crippen molar-refractivity contribution < 1.29 is 14.3 Å². The summed E-state index contributed by atoms with van der Waals surface area (Å²) < 4.78 is 12.7. The number of fused-ring (bicyclic) bond motifs is 1. The first kappa shape index (κ1) is 18.0. The summed E-state index contributed by atoms with van der Waals surface area (Å²) in [7, 11) is 3.66. The molecule has 2 aliphatic heterocycles. The van der Waals surface area contributed by atoms with E-state index in [1.165, 1.54) is 20.2 Å². The van der Waals surface area contributed by atoms with Gasteiger partial charge in [0.15, 0.2) is 0 Å². The van der Waals surface area contributed by atoms with Crippen LogP contribution in [-0.2, 0) is 26.3 Å². The van der Waals surface area contributed by atoms with E-state index in [1.54, 1.807) is 35.1 Å². The third-order valence-corrected chi connectivity index (χ3v) is 7.48. The Bertz CT molecular complexity index is 811. The lowest BCUT2D eigenvalue weighted by molar-refractivity contribution is -0.118. The second-order valence-corrected chi connectivity index (χ2v) is 9.10. The molecule has 0 bridgehead atoms. The molecule has 138 valence electrons. The maximum atomic E-state index is 11.8. The van der Waals surface area contributed by atoms with E-state index >= 15 is 0 Å². The first-order valence-electron chi connectivity index (χ1n) is 8.90. The number of ether oxygens (including phenoxy) is 2. The van der Waals surface area contributed by atoms with Crippen LogP contribution in [0, 0.1) is 0 Å². The second-order valence-electron chi connectivity index (χ2n) is 6.81. The highest BCUT2D eigenvalue weighted by Gasteiger charge is 2.35. The van der Waals surface area contributed by atoms with E-state index in [0.29, 0.717) is 6.42 Å². The number of thiophene rings is 1. The molecule has 3 heterocycles. The number of carbonyl (C=O) groups is 1. The summed E-state index contributed by atoms with van der Waals surface area (Å²) in [6.45, 7) is 1.51. The fraction of sp³-hybridized carbons (Fsp3) is 0.450. The molecule has 1 fully saturated rings. The van der Waals surface area contributed by atoms with Crippen molar-refractivity contribution in [3.63, 3.8) is 0 Å². The van der Waals surface area contributed by atoms with Gasteiger partial charge < -0.3 is 14.4 Å². The van der Waals surface area contributed by atoms with Gasteiger partial charge in [0.05, 0.1) is 9.81 Å². The third-order valence-electron chi connectivity index (χ3n) is 5.41. The van der Waals surface area contributed by atoms with Crippen LogP contribution < -0.4 is 4.90 Å². The molecule has 6 heteroatoms. The molecule has 4 nitrogen and oxygen atoms in total. The molecule has 0 atom stereocenters. The molecule has 1 aromatic carbocycles. The standard InChI is InChI=1S/C20H23NO3S2/c1-21-17-5-4-16(11-14(17)3-6-18(21)22)26-19-12-15(13-25-19)20(23-2)7-9-24-10-8-20/h4-5,11-13H,3,6-10H2,1-2H3. The van der Waals surface area contributed by atoms with Gasteiger partial charge in [-0.1, -0.05) is 11.8 Å². The van der Waals surface area contributed by atoms with Crippen molar-refractivity contribution in [2.24, 2.45) is 0 Å². The van der Waals surface area contributed by atoms with E-state index in [1.807, 2.05) is 7.05 Å². The second kappa shape index (κ2) is 7.35. The minimum Gasteiger partial charge on any atom is -0.381 e. The summed E-state index contributed by atoms with van der Waals surface area (Å²) in [5.41, 5.74) is 3.36. The van der Waals surface area contributed by atoms with Crippen molar-refractivity contribution in [3.05, 3.63) is 40.8 Å². The average molecular weight is 390 g/mol. The van der Waals surface area contributed by atoms with Gasteiger partial charge in [-0.05, 0) is 47.2 Å². The molecule has 26 heavy (non-hydrogen) atoms. The summed E-state index contributed by atoms with van der Waals surface area (Å²) in [5, 5.41) is 2.22. The number of methoxy groups -OCH3 is 1. The Morgan fingerprint density at radius 1 is 1.23 bits per heavy atom. The van der Waals surface area contributed by atoms with E-state index in [4.69, 9.17) is 9.47 Å². The monoisotopic (exact) mass is 389 g/mol. The summed E-state index contributed by atoms with van der Waals surface area (Å²) in [4.78, 5) is 14.8. The van der Waals surface area contributed by atoms with E-state index in [-0.39, 0.29) is 11.5 Å². The largest absolute Gasteiger partial charge is 0.381 e. The van der Waals surface area contributed by atoms with Crippen LogP contribution in [0.1, 0.15) is 30.4 Å². The first-order valence-corrected chi connectivity index (χ1v) is 10.6. The molecular formula is C20H23NO3S2. The van der Waals surface area contributed by atoms with Crippen molar-refractivity contribution >= 4 is 34.7 Å². The summed E-state index contributed by atoms with van der Waals surface area (Å²) in [5.74, 6) is 0.196. The predicted octanol–water partition coefficient (Wildman–Crippen LogP) is 4.46. The molecule has 2 aliphatic rings. The van der Waals surface area contributed by atoms with E-state index < -0.39 is 0 Å². The maximum Gasteiger partial charge on any atom is 0.227 e. The number of rotatable bonds is 4. The van der Waals surface area contributed by atoms with E-state index in [2.05, 4.69) is 29.6 Å². The van der Waals surface area contributed by atoms with Crippen molar-refractivity contribution in [1.29, 1.82) is 0 Å². The van der Waals surface area contributed by atoms with Crippen LogP contribution in [0.4, 0.5) is 5.69 Å². The lowest BCUT2D eigenvalue weighted by Crippen LogP contribution is -2.35. The third kappa shape index (κ3) is 3.31. The van der Waals surface area contributed by atoms with Crippen LogP contribution in [0.5, 0.6) is 0 Å². The molecule has 0 N–H and O–H groups in total. The highest BCUT2D eigenvalue weighted by molar-refractivity contribution is 8.01. The number of aryl methyl sites for hydroxylation is 1. The normalized spacial score (nSPS) is 19.5. The number of benzene rings is 1. The molecule has 2 aromatic rings. The topological polar surface area (TPSA) is 38.8 Å². The van der Waals surface area contributed by atoms with Crippen LogP contribution in [0.15, 0.2) is 38.8 Å². The molecule has 0 unspecified atom stereocenters. The zero-order valence-electron chi connectivity index (χ0n) is 15.1. The SMILES string of the molecule is COC1(c2csc(Sc3ccc4c(c3)CCC(=O)N4C)c2)CCOCC1. The molecule has 0 saturated carbocycles. The van der Waals surface area contributed by atoms with Gasteiger partial charge in [0.25, 0.3) is 0 Å². The smallest absolute Gasteiger partial charge is 0.227 e. The van der Waals surface area contributed by atoms with Gasteiger partial charge in [0.2, 0.25) is 5.91 Å². The summed E-state index contributed by atoms with van der Waals surface area (Å²) >= 11 is 3.55. The fourth-order valence-electron chi connectivity index (χ4n) is 3.73. The maximum absolute atomic E-state index is 11.8. The zero-order chi connectivity index (χ0) is 18.1. The number of nitrogens with zero attached hydrogens (tertiary/aromatic N) is 1. The Kier molecular flexibility index (Phi) is 5.10. The van der Waals surface area contributed by atoms with Crippen LogP contribution in [0.25, 0.3) is 0 Å². The summed E-state index contributed by atoms with van der Waals surface area (Å²) in [6.07, 6.45) is 3.24. The predicted molar refractivity (Wildman–Crippen MR) is 105 cm³/mol. The van der Waals surface area contributed by atoms with Gasteiger partial charge >= 0.3 is 0 Å². The van der Waals surface area contributed by atoms with Crippen LogP contribution in [-0.4, -0.2) is 33.3 Å². The highest BCUT2D eigenvalue weighted by Crippen LogP contribution is 2.42. The Morgan fingerprint density at radius 2 is 2.04 bits per heavy atom. The molecule has 0 aliphatic carbocycles. The molecule has 4 rings (SSSR count). The molecule has 0 spiro atoms. The Morgan fingerprint density at radius 3 is 2.81 bits per heavy atom. The van der Waals surface area contributed by atoms with Crippen molar-refractivity contribution in [2.45, 2.75) is 40.4 Å². The highest BCUT2D eigenvalue weighted by atomic mass is 32.2. The quantitative estimate of drug-likeness (QED) is 0.774. The number of hydrogen-bond donors (Lipinski definition) is 0. The van der Waals surface area contributed by atoms with Crippen molar-refractivity contribution in [1.82, 2.24) is 0 Å². The van der Waals surface area contributed by atoms with Crippen molar-refractivity contribution in [3.8, 4) is 0 Å². The number of hydrogen-bond acceptors (Lipinski definition) is 5. The van der Waals surface area contributed by atoms with Gasteiger partial charge in [-0.25, -0.2) is 0 Å². The summed E-state index contributed by atoms with van der Waals surface area (Å²) in [6, 6.07) is 8.67. The fourth-order valence-corrected chi connectivity index (χ4v) is 5.84. The van der Waals surface area contributed by atoms with Gasteiger partial charge in [-0.3, -0.25) is 4.79 Å². The Balaban J connectivity index is 1.54. The molecular weight excluding hydrogens is 366 g/mol. The minimum atomic E-state index is -0.202. The Hall–Kier alpha value is -1.34. The molecule has 1 amide bonds. The van der Waals surface area contributed by atoms with E-state index in [9.17, 15) is 4.79 Å². The number of amides is 1. The first-order chi connectivity index (χ1) is 12.6. The van der Waals surface area contributed by atoms with Gasteiger partial charge in [0, 0.05) is 57.2 Å². The average Bonchev–Trinajstić information content (AvgIpc) is 3.14. The molecule has 1 saturated heterocycles. The zero-order valence-corrected chi connectivity index (χ0v) is 16.8. The molecule has 1 aromatic heterocycles. The number of carbonyl (C=O) groups excluding carboxylic acids is 1. The Labute approximate surface area is 162 Å². The van der Waals surface area contributed by atoms with E-state index in [0.717, 1.165) is 38.2 Å². The van der Waals surface area contributed by atoms with Crippen molar-refractivity contribution in [2.75, 3.05) is 32.3 Å².